The molecule has 33 heavy (non-hydrogen) atoms. The molecule has 6 nitrogen and oxygen atoms in total. The van der Waals surface area contributed by atoms with Crippen molar-refractivity contribution in [1.29, 1.82) is 0 Å². The zero-order chi connectivity index (χ0) is 22.6. The fraction of sp³-hybridized carbons (Fsp3) is 0.222. The molecule has 2 aromatic carbocycles. The summed E-state index contributed by atoms with van der Waals surface area (Å²) in [4.78, 5) is 22.4. The van der Waals surface area contributed by atoms with Crippen molar-refractivity contribution in [3.63, 3.8) is 0 Å². The Balaban J connectivity index is 1.31. The fourth-order valence-corrected chi connectivity index (χ4v) is 4.23. The van der Waals surface area contributed by atoms with Crippen molar-refractivity contribution >= 4 is 23.1 Å². The number of hydrogen-bond acceptors (Lipinski definition) is 5. The molecule has 0 bridgehead atoms. The molecular formula is C27H26N4O2. The quantitative estimate of drug-likeness (QED) is 0.453. The molecule has 0 radical (unpaired) electrons. The molecule has 0 N–H and O–H groups in total. The van der Waals surface area contributed by atoms with Gasteiger partial charge in [0.1, 0.15) is 0 Å². The van der Waals surface area contributed by atoms with Gasteiger partial charge in [-0.2, -0.15) is 0 Å². The zero-order valence-corrected chi connectivity index (χ0v) is 18.6. The van der Waals surface area contributed by atoms with E-state index in [2.05, 4.69) is 39.3 Å². The second-order valence-electron chi connectivity index (χ2n) is 8.28. The van der Waals surface area contributed by atoms with Gasteiger partial charge < -0.3 is 9.42 Å². The van der Waals surface area contributed by atoms with Crippen LogP contribution >= 0.6 is 0 Å². The summed E-state index contributed by atoms with van der Waals surface area (Å²) in [5, 5.41) is 4.77. The molecule has 1 fully saturated rings. The van der Waals surface area contributed by atoms with Crippen molar-refractivity contribution in [2.24, 2.45) is 0 Å². The van der Waals surface area contributed by atoms with E-state index >= 15 is 0 Å². The van der Waals surface area contributed by atoms with Crippen molar-refractivity contribution < 1.29 is 9.32 Å². The summed E-state index contributed by atoms with van der Waals surface area (Å²) in [6.45, 7) is 5.78. The van der Waals surface area contributed by atoms with E-state index in [9.17, 15) is 4.79 Å². The number of benzene rings is 2. The molecule has 1 saturated heterocycles. The topological polar surface area (TPSA) is 62.5 Å². The molecule has 6 heteroatoms. The molecule has 0 saturated carbocycles. The summed E-state index contributed by atoms with van der Waals surface area (Å²) >= 11 is 0. The maximum Gasteiger partial charge on any atom is 0.259 e. The summed E-state index contributed by atoms with van der Waals surface area (Å²) in [6, 6.07) is 22.0. The van der Waals surface area contributed by atoms with Crippen molar-refractivity contribution in [1.82, 2.24) is 19.9 Å². The Bertz CT molecular complexity index is 1270. The lowest BCUT2D eigenvalue weighted by Gasteiger charge is -2.34. The van der Waals surface area contributed by atoms with Crippen LogP contribution in [0.4, 0.5) is 0 Å². The first-order valence-corrected chi connectivity index (χ1v) is 11.2. The third kappa shape index (κ3) is 4.56. The monoisotopic (exact) mass is 438 g/mol. The molecule has 0 unspecified atom stereocenters. The number of aryl methyl sites for hydroxylation is 1. The second kappa shape index (κ2) is 9.38. The standard InChI is InChI=1S/C27H26N4O2/c1-20-25-23(19-24(28-26(25)33-29-20)22-12-6-3-7-13-22)27(32)31-17-15-30(16-18-31)14-8-11-21-9-4-2-5-10-21/h2-13,19H,14-18H2,1H3/b11-8+. The maximum absolute atomic E-state index is 13.5. The number of rotatable bonds is 5. The van der Waals surface area contributed by atoms with Gasteiger partial charge in [-0.25, -0.2) is 4.98 Å². The Morgan fingerprint density at radius 3 is 2.42 bits per heavy atom. The number of carbonyl (C=O) groups is 1. The van der Waals surface area contributed by atoms with E-state index < -0.39 is 0 Å². The average molecular weight is 439 g/mol. The van der Waals surface area contributed by atoms with Gasteiger partial charge >= 0.3 is 0 Å². The van der Waals surface area contributed by atoms with Crippen LogP contribution in [-0.4, -0.2) is 58.6 Å². The Labute approximate surface area is 193 Å². The van der Waals surface area contributed by atoms with Crippen molar-refractivity contribution in [3.05, 3.63) is 89.6 Å². The molecule has 2 aromatic heterocycles. The summed E-state index contributed by atoms with van der Waals surface area (Å²) < 4.78 is 5.44. The van der Waals surface area contributed by atoms with E-state index in [1.165, 1.54) is 5.56 Å². The number of nitrogens with zero attached hydrogens (tertiary/aromatic N) is 4. The molecule has 1 amide bonds. The molecule has 0 atom stereocenters. The van der Waals surface area contributed by atoms with Gasteiger partial charge in [-0.3, -0.25) is 9.69 Å². The Morgan fingerprint density at radius 1 is 1.00 bits per heavy atom. The van der Waals surface area contributed by atoms with Crippen LogP contribution in [0.25, 0.3) is 28.4 Å². The summed E-state index contributed by atoms with van der Waals surface area (Å²) in [7, 11) is 0. The van der Waals surface area contributed by atoms with Crippen LogP contribution in [0.2, 0.25) is 0 Å². The highest BCUT2D eigenvalue weighted by atomic mass is 16.5. The Morgan fingerprint density at radius 2 is 1.70 bits per heavy atom. The first-order chi connectivity index (χ1) is 16.2. The predicted octanol–water partition coefficient (Wildman–Crippen LogP) is 4.67. The van der Waals surface area contributed by atoms with Gasteiger partial charge in [0.2, 0.25) is 0 Å². The van der Waals surface area contributed by atoms with Gasteiger partial charge in [0.05, 0.1) is 22.3 Å². The minimum atomic E-state index is 0.00496. The number of carbonyl (C=O) groups excluding carboxylic acids is 1. The Kier molecular flexibility index (Phi) is 6.00. The van der Waals surface area contributed by atoms with Crippen molar-refractivity contribution in [3.8, 4) is 11.3 Å². The molecular weight excluding hydrogens is 412 g/mol. The minimum Gasteiger partial charge on any atom is -0.336 e. The molecule has 0 spiro atoms. The van der Waals surface area contributed by atoms with E-state index in [-0.39, 0.29) is 5.91 Å². The first-order valence-electron chi connectivity index (χ1n) is 11.2. The third-order valence-corrected chi connectivity index (χ3v) is 6.05. The van der Waals surface area contributed by atoms with Crippen LogP contribution in [0.3, 0.4) is 0 Å². The molecule has 1 aliphatic heterocycles. The molecule has 0 aliphatic carbocycles. The number of fused-ring (bicyclic) bond motifs is 1. The summed E-state index contributed by atoms with van der Waals surface area (Å²) in [5.74, 6) is 0.00496. The predicted molar refractivity (Wildman–Crippen MR) is 130 cm³/mol. The maximum atomic E-state index is 13.5. The van der Waals surface area contributed by atoms with Crippen LogP contribution in [-0.2, 0) is 0 Å². The van der Waals surface area contributed by atoms with Gasteiger partial charge in [-0.05, 0) is 18.6 Å². The minimum absolute atomic E-state index is 0.00496. The molecule has 5 rings (SSSR count). The van der Waals surface area contributed by atoms with Crippen LogP contribution in [0.15, 0.2) is 77.3 Å². The third-order valence-electron chi connectivity index (χ3n) is 6.05. The van der Waals surface area contributed by atoms with Gasteiger partial charge in [-0.1, -0.05) is 78.0 Å². The van der Waals surface area contributed by atoms with Crippen LogP contribution in [0.5, 0.6) is 0 Å². The van der Waals surface area contributed by atoms with E-state index in [1.54, 1.807) is 0 Å². The molecule has 166 valence electrons. The van der Waals surface area contributed by atoms with E-state index in [4.69, 9.17) is 4.52 Å². The highest BCUT2D eigenvalue weighted by molar-refractivity contribution is 6.07. The smallest absolute Gasteiger partial charge is 0.259 e. The number of hydrogen-bond donors (Lipinski definition) is 0. The van der Waals surface area contributed by atoms with Gasteiger partial charge in [0, 0.05) is 38.3 Å². The Hall–Kier alpha value is -3.77. The SMILES string of the molecule is Cc1noc2nc(-c3ccccc3)cc(C(=O)N3CCN(C/C=C/c4ccccc4)CC3)c12. The number of amides is 1. The van der Waals surface area contributed by atoms with Gasteiger partial charge in [0.15, 0.2) is 0 Å². The van der Waals surface area contributed by atoms with Gasteiger partial charge in [-0.15, -0.1) is 0 Å². The van der Waals surface area contributed by atoms with Crippen LogP contribution in [0.1, 0.15) is 21.6 Å². The van der Waals surface area contributed by atoms with Crippen LogP contribution < -0.4 is 0 Å². The molecule has 3 heterocycles. The van der Waals surface area contributed by atoms with Gasteiger partial charge in [0.25, 0.3) is 11.6 Å². The lowest BCUT2D eigenvalue weighted by Crippen LogP contribution is -2.48. The number of pyridine rings is 1. The average Bonchev–Trinajstić information content (AvgIpc) is 3.25. The molecule has 1 aliphatic rings. The number of piperazine rings is 1. The number of aromatic nitrogens is 2. The highest BCUT2D eigenvalue weighted by Crippen LogP contribution is 2.28. The van der Waals surface area contributed by atoms with Crippen LogP contribution in [0, 0.1) is 6.92 Å². The van der Waals surface area contributed by atoms with Crippen molar-refractivity contribution in [2.45, 2.75) is 6.92 Å². The normalized spacial score (nSPS) is 14.9. The molecule has 4 aromatic rings. The second-order valence-corrected chi connectivity index (χ2v) is 8.28. The fourth-order valence-electron chi connectivity index (χ4n) is 4.23. The van der Waals surface area contributed by atoms with Crippen molar-refractivity contribution in [2.75, 3.05) is 32.7 Å². The lowest BCUT2D eigenvalue weighted by molar-refractivity contribution is 0.0652. The van der Waals surface area contributed by atoms with E-state index in [0.29, 0.717) is 41.1 Å². The van der Waals surface area contributed by atoms with E-state index in [0.717, 1.165) is 25.2 Å². The zero-order valence-electron chi connectivity index (χ0n) is 18.6. The lowest BCUT2D eigenvalue weighted by atomic mass is 10.0. The largest absolute Gasteiger partial charge is 0.336 e. The highest BCUT2D eigenvalue weighted by Gasteiger charge is 2.26. The van der Waals surface area contributed by atoms with E-state index in [1.807, 2.05) is 66.4 Å². The summed E-state index contributed by atoms with van der Waals surface area (Å²) in [6.07, 6.45) is 4.33. The first kappa shape index (κ1) is 21.1. The summed E-state index contributed by atoms with van der Waals surface area (Å²) in [5.41, 5.74) is 4.55.